The van der Waals surface area contributed by atoms with E-state index in [4.69, 9.17) is 16.3 Å². The lowest BCUT2D eigenvalue weighted by Crippen LogP contribution is -2.45. The number of imidazole rings is 1. The predicted molar refractivity (Wildman–Crippen MR) is 117 cm³/mol. The molecule has 0 saturated heterocycles. The van der Waals surface area contributed by atoms with Crippen molar-refractivity contribution in [2.45, 2.75) is 83.2 Å². The number of hydrogen-bond acceptors (Lipinski definition) is 5. The Morgan fingerprint density at radius 1 is 1.23 bits per heavy atom. The van der Waals surface area contributed by atoms with E-state index in [0.717, 1.165) is 18.5 Å². The number of aromatic nitrogens is 3. The lowest BCUT2D eigenvalue weighted by atomic mass is 10.0. The van der Waals surface area contributed by atoms with Crippen molar-refractivity contribution in [1.82, 2.24) is 19.3 Å². The topological polar surface area (TPSA) is 74.5 Å². The molecule has 1 N–H and O–H groups in total. The number of ether oxygens (including phenoxy) is 1. The van der Waals surface area contributed by atoms with Gasteiger partial charge < -0.3 is 9.29 Å². The Morgan fingerprint density at radius 2 is 1.94 bits per heavy atom. The van der Waals surface area contributed by atoms with Crippen molar-refractivity contribution >= 4 is 28.6 Å². The highest BCUT2D eigenvalue weighted by atomic mass is 35.5. The third-order valence-corrected chi connectivity index (χ3v) is 6.39. The molecule has 0 bridgehead atoms. The van der Waals surface area contributed by atoms with Crippen LogP contribution in [0.2, 0.25) is 5.15 Å². The normalized spacial score (nSPS) is 14.7. The summed E-state index contributed by atoms with van der Waals surface area (Å²) in [6.07, 6.45) is -0.734. The molecule has 0 aliphatic rings. The number of unbranched alkanes of at least 4 members (excludes halogenated alkanes) is 2. The fraction of sp³-hybridized carbons (Fsp3) is 0.700. The fourth-order valence-electron chi connectivity index (χ4n) is 2.92. The molecular weight excluding hydrogens is 453 g/mol. The number of halogens is 4. The zero-order valence-corrected chi connectivity index (χ0v) is 19.8. The second kappa shape index (κ2) is 11.1. The van der Waals surface area contributed by atoms with Crippen LogP contribution in [-0.4, -0.2) is 42.7 Å². The molecule has 0 spiro atoms. The van der Waals surface area contributed by atoms with Crippen molar-refractivity contribution in [3.05, 3.63) is 23.1 Å². The van der Waals surface area contributed by atoms with Crippen LogP contribution in [0.15, 0.2) is 12.3 Å². The molecule has 2 atom stereocenters. The van der Waals surface area contributed by atoms with Crippen LogP contribution in [0.4, 0.5) is 13.2 Å². The van der Waals surface area contributed by atoms with E-state index in [1.54, 1.807) is 37.5 Å². The minimum absolute atomic E-state index is 0.0887. The first-order chi connectivity index (χ1) is 14.3. The first kappa shape index (κ1) is 26.0. The second-order valence-electron chi connectivity index (χ2n) is 8.53. The highest BCUT2D eigenvalue weighted by Crippen LogP contribution is 2.25. The molecule has 6 nitrogen and oxygen atoms in total. The average molecular weight is 483 g/mol. The second-order valence-corrected chi connectivity index (χ2v) is 10.9. The van der Waals surface area contributed by atoms with E-state index in [1.807, 2.05) is 6.92 Å². The van der Waals surface area contributed by atoms with Gasteiger partial charge in [0.1, 0.15) is 4.75 Å². The molecule has 0 unspecified atom stereocenters. The Morgan fingerprint density at radius 3 is 2.58 bits per heavy atom. The Labute approximate surface area is 189 Å². The molecule has 2 heterocycles. The smallest absolute Gasteiger partial charge is 0.389 e. The van der Waals surface area contributed by atoms with E-state index >= 15 is 0 Å². The summed E-state index contributed by atoms with van der Waals surface area (Å²) in [5, 5.41) is 4.43. The van der Waals surface area contributed by atoms with Crippen molar-refractivity contribution in [2.24, 2.45) is 0 Å². The lowest BCUT2D eigenvalue weighted by molar-refractivity contribution is -0.136. The molecule has 0 aromatic carbocycles. The molecule has 0 amide bonds. The molecule has 2 rings (SSSR count). The average Bonchev–Trinajstić information content (AvgIpc) is 3.00. The Balaban J connectivity index is 1.80. The fourth-order valence-corrected chi connectivity index (χ4v) is 3.99. The van der Waals surface area contributed by atoms with Crippen molar-refractivity contribution in [1.29, 1.82) is 0 Å². The molecule has 0 radical (unpaired) electrons. The van der Waals surface area contributed by atoms with Crippen LogP contribution in [0.5, 0.6) is 5.75 Å². The summed E-state index contributed by atoms with van der Waals surface area (Å²) < 4.78 is 59.9. The molecule has 2 aromatic rings. The van der Waals surface area contributed by atoms with Gasteiger partial charge in [0, 0.05) is 23.8 Å². The quantitative estimate of drug-likeness (QED) is 0.343. The van der Waals surface area contributed by atoms with Crippen LogP contribution in [0.25, 0.3) is 5.65 Å². The van der Waals surface area contributed by atoms with E-state index in [-0.39, 0.29) is 6.42 Å². The van der Waals surface area contributed by atoms with Crippen molar-refractivity contribution < 1.29 is 22.5 Å². The summed E-state index contributed by atoms with van der Waals surface area (Å²) in [7, 11) is 0. The molecule has 2 aromatic heterocycles. The third kappa shape index (κ3) is 9.03. The summed E-state index contributed by atoms with van der Waals surface area (Å²) in [4.78, 5) is 4.37. The number of nitrogens with one attached hydrogen (secondary N) is 1. The summed E-state index contributed by atoms with van der Waals surface area (Å²) in [5.41, 5.74) is 1.38. The summed E-state index contributed by atoms with van der Waals surface area (Å²) in [6.45, 7) is 7.65. The number of hydrogen-bond donors (Lipinski definition) is 1. The zero-order valence-electron chi connectivity index (χ0n) is 18.3. The van der Waals surface area contributed by atoms with Crippen LogP contribution in [0, 0.1) is 6.92 Å². The monoisotopic (exact) mass is 482 g/mol. The first-order valence-electron chi connectivity index (χ1n) is 10.3. The maximum Gasteiger partial charge on any atom is 0.389 e. The SMILES string of the molecule is Cc1cn2nc(Cl)cc(OCCCCC[C@H](CCC(F)(F)F)N[S@@+]([O-])C(C)(C)C)c2n1. The van der Waals surface area contributed by atoms with Gasteiger partial charge in [-0.25, -0.2) is 9.50 Å². The van der Waals surface area contributed by atoms with Gasteiger partial charge in [0.05, 0.1) is 24.5 Å². The molecule has 31 heavy (non-hydrogen) atoms. The van der Waals surface area contributed by atoms with E-state index in [2.05, 4.69) is 14.8 Å². The van der Waals surface area contributed by atoms with Crippen LogP contribution in [-0.2, 0) is 11.4 Å². The molecule has 0 fully saturated rings. The van der Waals surface area contributed by atoms with Gasteiger partial charge in [-0.3, -0.25) is 0 Å². The minimum atomic E-state index is -4.22. The third-order valence-electron chi connectivity index (χ3n) is 4.54. The van der Waals surface area contributed by atoms with E-state index in [9.17, 15) is 17.7 Å². The standard InChI is InChI=1S/C20H30ClF3N4O2S/c1-14-13-28-18(25-14)16(12-17(21)26-28)30-11-7-5-6-8-15(9-10-20(22,23)24)27-31(29)19(2,3)4/h12-13,15,27H,5-11H2,1-4H3/t15-,31+/m1/s1. The number of fused-ring (bicyclic) bond motifs is 1. The van der Waals surface area contributed by atoms with E-state index in [0.29, 0.717) is 36.0 Å². The maximum atomic E-state index is 12.6. The highest BCUT2D eigenvalue weighted by Gasteiger charge is 2.32. The minimum Gasteiger partial charge on any atom is -0.598 e. The van der Waals surface area contributed by atoms with Gasteiger partial charge in [0.2, 0.25) is 0 Å². The molecule has 0 saturated carbocycles. The number of nitrogens with zero attached hydrogens (tertiary/aromatic N) is 3. The van der Waals surface area contributed by atoms with Gasteiger partial charge in [-0.05, 0) is 47.0 Å². The van der Waals surface area contributed by atoms with E-state index < -0.39 is 34.7 Å². The van der Waals surface area contributed by atoms with Crippen molar-refractivity contribution in [3.8, 4) is 5.75 Å². The number of aryl methyl sites for hydroxylation is 1. The van der Waals surface area contributed by atoms with E-state index in [1.165, 1.54) is 0 Å². The number of alkyl halides is 3. The van der Waals surface area contributed by atoms with Crippen LogP contribution >= 0.6 is 11.6 Å². The van der Waals surface area contributed by atoms with Crippen LogP contribution < -0.4 is 9.46 Å². The van der Waals surface area contributed by atoms with Crippen molar-refractivity contribution in [3.63, 3.8) is 0 Å². The van der Waals surface area contributed by atoms with Crippen molar-refractivity contribution in [2.75, 3.05) is 6.61 Å². The first-order valence-corrected chi connectivity index (χ1v) is 11.8. The predicted octanol–water partition coefficient (Wildman–Crippen LogP) is 5.39. The van der Waals surface area contributed by atoms with Gasteiger partial charge in [0.15, 0.2) is 16.5 Å². The lowest BCUT2D eigenvalue weighted by Gasteiger charge is -2.28. The largest absolute Gasteiger partial charge is 0.598 e. The number of rotatable bonds is 11. The van der Waals surface area contributed by atoms with Crippen LogP contribution in [0.3, 0.4) is 0 Å². The Bertz CT molecular complexity index is 842. The Hall–Kier alpha value is -1.23. The van der Waals surface area contributed by atoms with Gasteiger partial charge in [-0.1, -0.05) is 24.4 Å². The molecular formula is C20H30ClF3N4O2S. The van der Waals surface area contributed by atoms with Gasteiger partial charge in [0.25, 0.3) is 0 Å². The summed E-state index contributed by atoms with van der Waals surface area (Å²) in [6, 6.07) is 1.16. The summed E-state index contributed by atoms with van der Waals surface area (Å²) >= 11 is 4.60. The van der Waals surface area contributed by atoms with Crippen LogP contribution in [0.1, 0.15) is 65.0 Å². The molecule has 176 valence electrons. The van der Waals surface area contributed by atoms with Gasteiger partial charge in [-0.2, -0.15) is 18.3 Å². The zero-order chi connectivity index (χ0) is 23.2. The summed E-state index contributed by atoms with van der Waals surface area (Å²) in [5.74, 6) is 0.540. The molecule has 0 aliphatic carbocycles. The van der Waals surface area contributed by atoms with Gasteiger partial charge >= 0.3 is 6.18 Å². The molecule has 11 heteroatoms. The van der Waals surface area contributed by atoms with Gasteiger partial charge in [-0.15, -0.1) is 4.72 Å². The maximum absolute atomic E-state index is 12.6. The molecule has 0 aliphatic heterocycles. The Kier molecular flexibility index (Phi) is 9.29. The highest BCUT2D eigenvalue weighted by molar-refractivity contribution is 7.90.